The third-order valence-corrected chi connectivity index (χ3v) is 6.10. The van der Waals surface area contributed by atoms with Crippen LogP contribution >= 0.6 is 0 Å². The molecule has 8 heteroatoms. The summed E-state index contributed by atoms with van der Waals surface area (Å²) in [6, 6.07) is 13.1. The molecule has 1 amide bonds. The number of carbonyl (C=O) groups is 1. The Kier molecular flexibility index (Phi) is 5.20. The van der Waals surface area contributed by atoms with Gasteiger partial charge in [-0.1, -0.05) is 38.1 Å². The zero-order valence-electron chi connectivity index (χ0n) is 18.3. The van der Waals surface area contributed by atoms with E-state index in [1.54, 1.807) is 6.07 Å². The van der Waals surface area contributed by atoms with Crippen LogP contribution in [0, 0.1) is 5.92 Å². The van der Waals surface area contributed by atoms with E-state index in [1.165, 1.54) is 4.68 Å². The van der Waals surface area contributed by atoms with Gasteiger partial charge in [0.1, 0.15) is 5.82 Å². The Hall–Kier alpha value is -3.55. The molecule has 164 valence electrons. The van der Waals surface area contributed by atoms with Gasteiger partial charge in [0.15, 0.2) is 11.3 Å². The number of nitrogens with zero attached hydrogens (tertiary/aromatic N) is 6. The highest BCUT2D eigenvalue weighted by molar-refractivity contribution is 6.04. The lowest BCUT2D eigenvalue weighted by molar-refractivity contribution is 0.0704. The lowest BCUT2D eigenvalue weighted by Gasteiger charge is -2.31. The Balaban J connectivity index is 1.42. The molecule has 0 atom stereocenters. The van der Waals surface area contributed by atoms with Crippen molar-refractivity contribution in [3.05, 3.63) is 70.5 Å². The van der Waals surface area contributed by atoms with Gasteiger partial charge in [-0.2, -0.15) is 5.10 Å². The van der Waals surface area contributed by atoms with Gasteiger partial charge in [-0.3, -0.25) is 14.0 Å². The molecule has 32 heavy (non-hydrogen) atoms. The molecule has 1 aliphatic heterocycles. The van der Waals surface area contributed by atoms with Gasteiger partial charge in [-0.25, -0.2) is 4.68 Å². The first kappa shape index (κ1) is 20.4. The number of aromatic nitrogens is 5. The van der Waals surface area contributed by atoms with Gasteiger partial charge in [0.25, 0.3) is 11.5 Å². The summed E-state index contributed by atoms with van der Waals surface area (Å²) in [6.45, 7) is 5.77. The molecule has 8 nitrogen and oxygen atoms in total. The zero-order chi connectivity index (χ0) is 22.2. The van der Waals surface area contributed by atoms with Crippen molar-refractivity contribution in [3.63, 3.8) is 0 Å². The van der Waals surface area contributed by atoms with Crippen LogP contribution in [0.25, 0.3) is 16.4 Å². The van der Waals surface area contributed by atoms with Crippen LogP contribution in [0.15, 0.2) is 53.5 Å². The van der Waals surface area contributed by atoms with Crippen LogP contribution in [-0.2, 0) is 6.54 Å². The second-order valence-corrected chi connectivity index (χ2v) is 8.83. The van der Waals surface area contributed by atoms with Crippen LogP contribution in [0.5, 0.6) is 0 Å². The molecule has 1 saturated heterocycles. The molecule has 0 saturated carbocycles. The molecule has 1 aliphatic rings. The summed E-state index contributed by atoms with van der Waals surface area (Å²) >= 11 is 0. The maximum atomic E-state index is 13.5. The normalized spacial score (nSPS) is 15.2. The van der Waals surface area contributed by atoms with Crippen molar-refractivity contribution in [3.8, 4) is 0 Å². The quantitative estimate of drug-likeness (QED) is 0.497. The van der Waals surface area contributed by atoms with E-state index in [9.17, 15) is 9.59 Å². The van der Waals surface area contributed by atoms with Crippen molar-refractivity contribution in [2.45, 2.75) is 39.2 Å². The van der Waals surface area contributed by atoms with Gasteiger partial charge in [0.05, 0.1) is 5.39 Å². The number of hydrogen-bond donors (Lipinski definition) is 0. The highest BCUT2D eigenvalue weighted by Gasteiger charge is 2.29. The van der Waals surface area contributed by atoms with Crippen LogP contribution in [0.2, 0.25) is 0 Å². The topological polar surface area (TPSA) is 85.4 Å². The van der Waals surface area contributed by atoms with E-state index in [4.69, 9.17) is 0 Å². The van der Waals surface area contributed by atoms with E-state index < -0.39 is 0 Å². The first-order chi connectivity index (χ1) is 15.5. The minimum atomic E-state index is -0.150. The molecule has 0 unspecified atom stereocenters. The molecular weight excluding hydrogens is 404 g/mol. The van der Waals surface area contributed by atoms with E-state index >= 15 is 0 Å². The lowest BCUT2D eigenvalue weighted by Crippen LogP contribution is -2.40. The molecule has 0 N–H and O–H groups in total. The number of pyridine rings is 1. The van der Waals surface area contributed by atoms with Gasteiger partial charge in [-0.15, -0.1) is 10.2 Å². The summed E-state index contributed by atoms with van der Waals surface area (Å²) < 4.78 is 3.47. The Labute approximate surface area is 185 Å². The highest BCUT2D eigenvalue weighted by atomic mass is 16.2. The number of amides is 1. The van der Waals surface area contributed by atoms with Crippen molar-refractivity contribution in [1.82, 2.24) is 29.3 Å². The smallest absolute Gasteiger partial charge is 0.274 e. The number of carbonyl (C=O) groups excluding carboxylic acids is 1. The van der Waals surface area contributed by atoms with Gasteiger partial charge in [-0.05, 0) is 37.0 Å². The van der Waals surface area contributed by atoms with Crippen molar-refractivity contribution in [2.75, 3.05) is 13.1 Å². The predicted octanol–water partition coefficient (Wildman–Crippen LogP) is 3.12. The Morgan fingerprint density at radius 1 is 1.03 bits per heavy atom. The van der Waals surface area contributed by atoms with Crippen molar-refractivity contribution >= 4 is 22.3 Å². The molecule has 1 fully saturated rings. The lowest BCUT2D eigenvalue weighted by atomic mass is 9.95. The maximum Gasteiger partial charge on any atom is 0.274 e. The third kappa shape index (κ3) is 3.55. The minimum absolute atomic E-state index is 0.122. The number of benzene rings is 1. The summed E-state index contributed by atoms with van der Waals surface area (Å²) in [5.74, 6) is 1.32. The van der Waals surface area contributed by atoms with E-state index in [-0.39, 0.29) is 23.3 Å². The Bertz CT molecular complexity index is 1350. The van der Waals surface area contributed by atoms with E-state index in [1.807, 2.05) is 65.7 Å². The van der Waals surface area contributed by atoms with Crippen LogP contribution in [0.1, 0.15) is 48.9 Å². The number of fused-ring (bicyclic) bond motifs is 2. The SMILES string of the molecule is CC(C)Cn1nc(C(=O)N2CCC(c3nnc4ccccn34)CC2)c2ccccc2c1=O. The summed E-state index contributed by atoms with van der Waals surface area (Å²) in [5.41, 5.74) is 1.04. The van der Waals surface area contributed by atoms with Crippen molar-refractivity contribution < 1.29 is 4.79 Å². The second kappa shape index (κ2) is 8.18. The molecule has 4 aromatic rings. The summed E-state index contributed by atoms with van der Waals surface area (Å²) in [5, 5.41) is 14.3. The fourth-order valence-electron chi connectivity index (χ4n) is 4.49. The van der Waals surface area contributed by atoms with Gasteiger partial charge in [0, 0.05) is 37.1 Å². The first-order valence-electron chi connectivity index (χ1n) is 11.1. The van der Waals surface area contributed by atoms with Crippen LogP contribution in [0.4, 0.5) is 0 Å². The first-order valence-corrected chi connectivity index (χ1v) is 11.1. The summed E-state index contributed by atoms with van der Waals surface area (Å²) in [6.07, 6.45) is 3.60. The van der Waals surface area contributed by atoms with E-state index in [0.717, 1.165) is 24.3 Å². The van der Waals surface area contributed by atoms with Crippen molar-refractivity contribution in [2.24, 2.45) is 5.92 Å². The summed E-state index contributed by atoms with van der Waals surface area (Å²) in [7, 11) is 0. The summed E-state index contributed by atoms with van der Waals surface area (Å²) in [4.78, 5) is 28.2. The third-order valence-electron chi connectivity index (χ3n) is 6.10. The van der Waals surface area contributed by atoms with Crippen LogP contribution in [-0.4, -0.2) is 48.3 Å². The van der Waals surface area contributed by atoms with Crippen LogP contribution in [0.3, 0.4) is 0 Å². The molecule has 5 rings (SSSR count). The molecule has 4 heterocycles. The van der Waals surface area contributed by atoms with Crippen molar-refractivity contribution in [1.29, 1.82) is 0 Å². The average molecular weight is 431 g/mol. The average Bonchev–Trinajstić information content (AvgIpc) is 3.24. The molecule has 0 bridgehead atoms. The van der Waals surface area contributed by atoms with E-state index in [0.29, 0.717) is 36.1 Å². The monoisotopic (exact) mass is 430 g/mol. The van der Waals surface area contributed by atoms with Gasteiger partial charge >= 0.3 is 0 Å². The number of likely N-dealkylation sites (tertiary alicyclic amines) is 1. The second-order valence-electron chi connectivity index (χ2n) is 8.83. The molecule has 0 spiro atoms. The molecular formula is C24H26N6O2. The molecule has 0 radical (unpaired) electrons. The van der Waals surface area contributed by atoms with E-state index in [2.05, 4.69) is 15.3 Å². The number of rotatable bonds is 4. The molecule has 3 aromatic heterocycles. The fraction of sp³-hybridized carbons (Fsp3) is 0.375. The molecule has 1 aromatic carbocycles. The number of hydrogen-bond acceptors (Lipinski definition) is 5. The molecule has 0 aliphatic carbocycles. The van der Waals surface area contributed by atoms with Crippen LogP contribution < -0.4 is 5.56 Å². The Morgan fingerprint density at radius 3 is 2.50 bits per heavy atom. The highest BCUT2D eigenvalue weighted by Crippen LogP contribution is 2.28. The minimum Gasteiger partial charge on any atom is -0.337 e. The maximum absolute atomic E-state index is 13.5. The predicted molar refractivity (Wildman–Crippen MR) is 122 cm³/mol. The van der Waals surface area contributed by atoms with Gasteiger partial charge in [0.2, 0.25) is 0 Å². The number of piperidine rings is 1. The standard InChI is InChI=1S/C24H26N6O2/c1-16(2)15-30-23(31)19-8-4-3-7-18(19)21(27-30)24(32)28-13-10-17(11-14-28)22-26-25-20-9-5-6-12-29(20)22/h3-9,12,16-17H,10-11,13-15H2,1-2H3. The zero-order valence-corrected chi connectivity index (χ0v) is 18.3. The Morgan fingerprint density at radius 2 is 1.75 bits per heavy atom. The fourth-order valence-corrected chi connectivity index (χ4v) is 4.49. The largest absolute Gasteiger partial charge is 0.337 e. The van der Waals surface area contributed by atoms with Gasteiger partial charge < -0.3 is 4.90 Å².